The Morgan fingerprint density at radius 1 is 0.225 bits per heavy atom. The number of hydrogen-bond donors (Lipinski definition) is 0. The number of anilines is 6. The Bertz CT molecular complexity index is 8350. The number of hydrogen-bond acceptors (Lipinski definition) is 2. The summed E-state index contributed by atoms with van der Waals surface area (Å²) in [6.45, 7) is 19.1. The van der Waals surface area contributed by atoms with Gasteiger partial charge in [0.1, 0.15) is 0 Å². The van der Waals surface area contributed by atoms with Crippen LogP contribution in [-0.2, 0) is 16.2 Å². The molecule has 6 heteroatoms. The minimum absolute atomic E-state index is 0.0589. The highest BCUT2D eigenvalue weighted by Crippen LogP contribution is 2.54. The fourth-order valence-electron chi connectivity index (χ4n) is 18.5. The van der Waals surface area contributed by atoms with E-state index in [9.17, 15) is 21.9 Å². The number of para-hydroxylation sites is 6. The smallest absolute Gasteiger partial charge is 0.252 e. The molecule has 2 aliphatic heterocycles. The normalized spacial score (nSPS) is 14.7. The van der Waals surface area contributed by atoms with Crippen molar-refractivity contribution in [2.24, 2.45) is 0 Å². The van der Waals surface area contributed by atoms with Crippen LogP contribution in [0.2, 0.25) is 0 Å². The first kappa shape index (κ1) is 57.0. The van der Waals surface area contributed by atoms with Gasteiger partial charge in [-0.05, 0) is 244 Å². The third kappa shape index (κ3) is 11.9. The summed E-state index contributed by atoms with van der Waals surface area (Å²) in [5, 5.41) is 1.67. The van der Waals surface area contributed by atoms with E-state index in [1.54, 1.807) is 9.13 Å². The van der Waals surface area contributed by atoms with Gasteiger partial charge in [-0.15, -0.1) is 0 Å². The van der Waals surface area contributed by atoms with Gasteiger partial charge in [-0.3, -0.25) is 0 Å². The summed E-state index contributed by atoms with van der Waals surface area (Å²) >= 11 is 0. The zero-order valence-corrected chi connectivity index (χ0v) is 67.9. The molecule has 20 aromatic rings. The third-order valence-electron chi connectivity index (χ3n) is 24.5. The third-order valence-corrected chi connectivity index (χ3v) is 24.5. The highest BCUT2D eigenvalue weighted by Gasteiger charge is 2.46. The van der Waals surface area contributed by atoms with Crippen LogP contribution in [0.5, 0.6) is 0 Å². The van der Waals surface area contributed by atoms with Gasteiger partial charge in [-0.2, -0.15) is 0 Å². The van der Waals surface area contributed by atoms with Crippen LogP contribution in [0.15, 0.2) is 382 Å². The molecule has 0 atom stereocenters. The zero-order chi connectivity index (χ0) is 95.0. The summed E-state index contributed by atoms with van der Waals surface area (Å²) in [5.41, 5.74) is 22.4. The van der Waals surface area contributed by atoms with Crippen molar-refractivity contribution in [2.75, 3.05) is 9.80 Å². The molecule has 0 aliphatic carbocycles. The predicted molar refractivity (Wildman–Crippen MR) is 512 cm³/mol. The molecule has 0 saturated carbocycles. The van der Waals surface area contributed by atoms with Crippen LogP contribution in [-0.4, -0.2) is 20.4 Å². The fraction of sp³-hybridized carbons (Fsp3) is 0.105. The summed E-state index contributed by atoms with van der Waals surface area (Å²) in [5.74, 6) is 0. The lowest BCUT2D eigenvalue weighted by molar-refractivity contribution is 0.589. The Balaban J connectivity index is 0.948. The van der Waals surface area contributed by atoms with Gasteiger partial charge >= 0.3 is 0 Å². The average Bonchev–Trinajstić information content (AvgIpc) is 1.13. The van der Waals surface area contributed by atoms with E-state index in [2.05, 4.69) is 265 Å². The van der Waals surface area contributed by atoms with Crippen LogP contribution in [0.1, 0.15) is 101 Å². The Hall–Kier alpha value is -14.2. The van der Waals surface area contributed by atoms with Gasteiger partial charge in [0.2, 0.25) is 0 Å². The molecule has 0 saturated heterocycles. The molecule has 0 amide bonds. The summed E-state index contributed by atoms with van der Waals surface area (Å²) < 4.78 is 159. The Morgan fingerprint density at radius 2 is 0.592 bits per heavy atom. The average molecular weight is 1560 g/mol. The van der Waals surface area contributed by atoms with Crippen LogP contribution in [0.25, 0.3) is 149 Å². The minimum atomic E-state index is -0.818. The molecule has 120 heavy (non-hydrogen) atoms. The number of rotatable bonds is 11. The Labute approximate surface area is 725 Å². The maximum atomic E-state index is 10.0. The maximum absolute atomic E-state index is 10.0. The first-order valence-corrected chi connectivity index (χ1v) is 41.0. The van der Waals surface area contributed by atoms with E-state index in [0.717, 1.165) is 139 Å². The largest absolute Gasteiger partial charge is 0.311 e. The molecule has 0 radical (unpaired) electrons. The molecule has 0 N–H and O–H groups in total. The summed E-state index contributed by atoms with van der Waals surface area (Å²) in [6, 6.07) is 91.6. The number of aromatic nitrogens is 3. The van der Waals surface area contributed by atoms with Gasteiger partial charge in [0.25, 0.3) is 6.71 Å². The van der Waals surface area contributed by atoms with E-state index in [1.165, 1.54) is 0 Å². The lowest BCUT2D eigenvalue weighted by Crippen LogP contribution is -2.61. The van der Waals surface area contributed by atoms with Crippen LogP contribution in [0.3, 0.4) is 0 Å². The highest BCUT2D eigenvalue weighted by molar-refractivity contribution is 7.00. The predicted octanol–water partition coefficient (Wildman–Crippen LogP) is 29.0. The van der Waals surface area contributed by atoms with Crippen LogP contribution >= 0.6 is 0 Å². The summed E-state index contributed by atoms with van der Waals surface area (Å²) in [7, 11) is 0. The van der Waals surface area contributed by atoms with E-state index < -0.39 is 120 Å². The highest BCUT2D eigenvalue weighted by atomic mass is 15.2. The summed E-state index contributed by atoms with van der Waals surface area (Å²) in [4.78, 5) is 4.66. The molecule has 0 spiro atoms. The molecular formula is C114H90BN5. The zero-order valence-electron chi connectivity index (χ0n) is 83.9. The molecule has 3 aromatic heterocycles. The van der Waals surface area contributed by atoms with Crippen LogP contribution in [0.4, 0.5) is 34.1 Å². The van der Waals surface area contributed by atoms with Crippen molar-refractivity contribution in [1.29, 1.82) is 0 Å². The van der Waals surface area contributed by atoms with E-state index in [-0.39, 0.29) is 43.6 Å². The molecule has 0 fully saturated rings. The topological polar surface area (TPSA) is 21.3 Å². The van der Waals surface area contributed by atoms with E-state index in [4.69, 9.17) is 0 Å². The SMILES string of the molecule is [2H]c1c([2H])c([2H])c2c(c1[2H])c1c([2H])c([2H])c([2H])c([2H])c1n2-c1ccc2c(c1)N(c1ccc(C(C)(C)C)cc1-c1cc(-c3ccccc3)cc(-c3ccccc3)c1)c1cc(-c3ccc4c(c3)c3ccccc3n4-c3ccccc3)cc3c1B2c1ccc(-n2c4c([2H])c([2H])c([2H])c([2H])c4c4c([2H])c([2H])c([2H])c([2H])c42)cc1N3c1ccc(C(C)(C)C)cc1-c1cc(-c2ccccc2)cc(C(C)(C)C)c1. The van der Waals surface area contributed by atoms with E-state index in [1.807, 2.05) is 97.1 Å². The fourth-order valence-corrected chi connectivity index (χ4v) is 18.5. The lowest BCUT2D eigenvalue weighted by atomic mass is 9.33. The molecule has 0 unspecified atom stereocenters. The molecule has 2 aliphatic rings. The van der Waals surface area contributed by atoms with Crippen molar-refractivity contribution in [2.45, 2.75) is 78.6 Å². The molecule has 5 heterocycles. The maximum Gasteiger partial charge on any atom is 0.252 e. The van der Waals surface area contributed by atoms with E-state index in [0.29, 0.717) is 34.1 Å². The van der Waals surface area contributed by atoms with Crippen molar-refractivity contribution in [3.05, 3.63) is 398 Å². The van der Waals surface area contributed by atoms with Crippen molar-refractivity contribution in [3.63, 3.8) is 0 Å². The van der Waals surface area contributed by atoms with Crippen molar-refractivity contribution >= 4 is 123 Å². The summed E-state index contributed by atoms with van der Waals surface area (Å²) in [6.07, 6.45) is 0. The Morgan fingerprint density at radius 3 is 1.04 bits per heavy atom. The molecule has 574 valence electrons. The van der Waals surface area contributed by atoms with Crippen molar-refractivity contribution < 1.29 is 21.9 Å². The number of fused-ring (bicyclic) bond motifs is 13. The number of benzene rings is 17. The van der Waals surface area contributed by atoms with Gasteiger partial charge < -0.3 is 23.5 Å². The van der Waals surface area contributed by atoms with Gasteiger partial charge in [-0.25, -0.2) is 0 Å². The monoisotopic (exact) mass is 1560 g/mol. The first-order valence-electron chi connectivity index (χ1n) is 49.0. The van der Waals surface area contributed by atoms with Gasteiger partial charge in [0, 0.05) is 83.3 Å². The standard InChI is InChI=1S/C114H90BN5/c1-112(2,3)83-51-58-104(94(69-83)81-61-77(73-32-14-10-15-33-73)60-78(62-81)74-34-16-11-17-35-74)119-107-71-87(117-99-45-27-22-40-89(99)90-41-23-28-46-100(90)117)53-55-97(107)115-98-56-54-88(118-101-47-29-24-42-91(101)92-43-25-30-48-102(92)118)72-108(98)120(105-59-52-84(113(4,5)6)70-95(105)82-63-79(75-36-18-12-19-37-75)64-85(65-82)114(7,8)9)110-68-80(67-109(119)111(110)115)76-50-57-106-96(66-76)93-44-26-31-49-103(93)116(106)86-38-20-13-21-39-86/h10-72H,1-9H3/i22D,23D,24D,25D,27D,28D,29D,30D,40D,41D,42D,43D,45D,46D,47D,48D. The first-order chi connectivity index (χ1) is 65.0. The second-order valence-corrected chi connectivity index (χ2v) is 34.9. The van der Waals surface area contributed by atoms with Crippen LogP contribution in [0, 0.1) is 0 Å². The molecule has 5 nitrogen and oxygen atoms in total. The quantitative estimate of drug-likeness (QED) is 0.120. The van der Waals surface area contributed by atoms with Crippen molar-refractivity contribution in [3.8, 4) is 83.8 Å². The number of nitrogens with zero attached hydrogens (tertiary/aromatic N) is 5. The van der Waals surface area contributed by atoms with Gasteiger partial charge in [0.15, 0.2) is 0 Å². The molecule has 17 aromatic carbocycles. The second-order valence-electron chi connectivity index (χ2n) is 34.9. The minimum Gasteiger partial charge on any atom is -0.311 e. The van der Waals surface area contributed by atoms with Crippen molar-refractivity contribution in [1.82, 2.24) is 13.7 Å². The van der Waals surface area contributed by atoms with E-state index >= 15 is 0 Å². The lowest BCUT2D eigenvalue weighted by Gasteiger charge is -2.45. The second kappa shape index (κ2) is 27.7. The van der Waals surface area contributed by atoms with Gasteiger partial charge in [-0.1, -0.05) is 305 Å². The van der Waals surface area contributed by atoms with Gasteiger partial charge in [0.05, 0.1) is 66.4 Å². The molecule has 22 rings (SSSR count). The Kier molecular flexibility index (Phi) is 13.2. The molecular weight excluding hydrogens is 1450 g/mol. The van der Waals surface area contributed by atoms with Crippen LogP contribution < -0.4 is 26.2 Å². The molecule has 0 bridgehead atoms.